The molecule has 0 fully saturated rings. The molecule has 2 rings (SSSR count). The number of aromatic nitrogens is 2. The van der Waals surface area contributed by atoms with E-state index in [1.165, 1.54) is 11.2 Å². The second-order valence-electron chi connectivity index (χ2n) is 3.67. The van der Waals surface area contributed by atoms with Crippen LogP contribution in [-0.2, 0) is 6.54 Å². The normalized spacial score (nSPS) is 10.3. The van der Waals surface area contributed by atoms with Gasteiger partial charge < -0.3 is 10.1 Å². The van der Waals surface area contributed by atoms with Crippen molar-refractivity contribution in [1.29, 1.82) is 0 Å². The smallest absolute Gasteiger partial charge is 0.218 e. The Balaban J connectivity index is 1.92. The molecule has 0 aliphatic rings. The van der Waals surface area contributed by atoms with E-state index < -0.39 is 0 Å². The van der Waals surface area contributed by atoms with Crippen LogP contribution in [0.25, 0.3) is 0 Å². The highest BCUT2D eigenvalue weighted by Gasteiger charge is 2.01. The Labute approximate surface area is 119 Å². The number of halogens is 1. The first kappa shape index (κ1) is 13.3. The van der Waals surface area contributed by atoms with Crippen LogP contribution in [0, 0.1) is 0 Å². The van der Waals surface area contributed by atoms with Crippen molar-refractivity contribution in [3.63, 3.8) is 0 Å². The number of hydrogen-bond acceptors (Lipinski definition) is 5. The van der Waals surface area contributed by atoms with Crippen molar-refractivity contribution in [2.24, 2.45) is 0 Å². The van der Waals surface area contributed by atoms with Gasteiger partial charge in [0.05, 0.1) is 13.2 Å². The Morgan fingerprint density at radius 2 is 2.28 bits per heavy atom. The molecule has 6 heteroatoms. The number of nitrogens with one attached hydrogen (secondary N) is 1. The number of rotatable bonds is 6. The largest absolute Gasteiger partial charge is 0.478 e. The van der Waals surface area contributed by atoms with Crippen molar-refractivity contribution >= 4 is 33.1 Å². The van der Waals surface area contributed by atoms with E-state index in [4.69, 9.17) is 4.74 Å². The van der Waals surface area contributed by atoms with Crippen LogP contribution in [0.2, 0.25) is 0 Å². The standard InChI is InChI=1S/C12H14BrN3OS/c1-2-3-17-12-5-11(15-8-16-12)14-6-10-4-9(13)7-18-10/h4-5,7-8H,2-3,6H2,1H3,(H,14,15,16). The average Bonchev–Trinajstić information content (AvgIpc) is 2.80. The van der Waals surface area contributed by atoms with E-state index in [1.54, 1.807) is 11.3 Å². The minimum atomic E-state index is 0.613. The van der Waals surface area contributed by atoms with E-state index >= 15 is 0 Å². The third-order valence-corrected chi connectivity index (χ3v) is 3.86. The number of anilines is 1. The molecule has 2 heterocycles. The van der Waals surface area contributed by atoms with Crippen molar-refractivity contribution in [1.82, 2.24) is 9.97 Å². The van der Waals surface area contributed by atoms with Crippen LogP contribution in [0.5, 0.6) is 5.88 Å². The van der Waals surface area contributed by atoms with Crippen molar-refractivity contribution < 1.29 is 4.74 Å². The number of hydrogen-bond donors (Lipinski definition) is 1. The maximum atomic E-state index is 5.46. The summed E-state index contributed by atoms with van der Waals surface area (Å²) in [5, 5.41) is 5.31. The Bertz CT molecular complexity index is 504. The van der Waals surface area contributed by atoms with E-state index in [-0.39, 0.29) is 0 Å². The van der Waals surface area contributed by atoms with Gasteiger partial charge in [-0.2, -0.15) is 0 Å². The van der Waals surface area contributed by atoms with Gasteiger partial charge in [-0.25, -0.2) is 9.97 Å². The first-order valence-corrected chi connectivity index (χ1v) is 7.37. The number of nitrogens with zero attached hydrogens (tertiary/aromatic N) is 2. The second-order valence-corrected chi connectivity index (χ2v) is 5.59. The Kier molecular flexibility index (Phi) is 4.95. The van der Waals surface area contributed by atoms with Crippen LogP contribution >= 0.6 is 27.3 Å². The molecule has 0 saturated carbocycles. The minimum absolute atomic E-state index is 0.613. The summed E-state index contributed by atoms with van der Waals surface area (Å²) in [5.41, 5.74) is 0. The minimum Gasteiger partial charge on any atom is -0.478 e. The lowest BCUT2D eigenvalue weighted by atomic mass is 10.4. The Morgan fingerprint density at radius 3 is 3.00 bits per heavy atom. The molecule has 4 nitrogen and oxygen atoms in total. The van der Waals surface area contributed by atoms with E-state index in [2.05, 4.69) is 49.6 Å². The molecule has 0 aliphatic carbocycles. The first-order chi connectivity index (χ1) is 8.78. The van der Waals surface area contributed by atoms with Crippen LogP contribution in [0.1, 0.15) is 18.2 Å². The van der Waals surface area contributed by atoms with Crippen molar-refractivity contribution in [2.45, 2.75) is 19.9 Å². The van der Waals surface area contributed by atoms with Gasteiger partial charge in [0.25, 0.3) is 0 Å². The van der Waals surface area contributed by atoms with Gasteiger partial charge in [-0.05, 0) is 28.4 Å². The van der Waals surface area contributed by atoms with Crippen LogP contribution < -0.4 is 10.1 Å². The highest BCUT2D eigenvalue weighted by atomic mass is 79.9. The zero-order chi connectivity index (χ0) is 12.8. The lowest BCUT2D eigenvalue weighted by molar-refractivity contribution is 0.305. The van der Waals surface area contributed by atoms with E-state index in [1.807, 2.05) is 6.07 Å². The highest BCUT2D eigenvalue weighted by molar-refractivity contribution is 9.10. The predicted octanol–water partition coefficient (Wildman–Crippen LogP) is 3.70. The zero-order valence-electron chi connectivity index (χ0n) is 10.0. The average molecular weight is 328 g/mol. The summed E-state index contributed by atoms with van der Waals surface area (Å²) in [4.78, 5) is 9.46. The van der Waals surface area contributed by atoms with E-state index in [0.29, 0.717) is 12.5 Å². The molecule has 0 amide bonds. The van der Waals surface area contributed by atoms with Crippen LogP contribution in [0.4, 0.5) is 5.82 Å². The van der Waals surface area contributed by atoms with Gasteiger partial charge in [0.1, 0.15) is 12.1 Å². The molecule has 0 atom stereocenters. The molecular weight excluding hydrogens is 314 g/mol. The summed E-state index contributed by atoms with van der Waals surface area (Å²) in [6.07, 6.45) is 2.48. The summed E-state index contributed by atoms with van der Waals surface area (Å²) >= 11 is 5.14. The zero-order valence-corrected chi connectivity index (χ0v) is 12.4. The molecule has 1 N–H and O–H groups in total. The number of thiophene rings is 1. The maximum Gasteiger partial charge on any atom is 0.218 e. The lowest BCUT2D eigenvalue weighted by Gasteiger charge is -2.06. The van der Waals surface area contributed by atoms with Crippen molar-refractivity contribution in [2.75, 3.05) is 11.9 Å². The SMILES string of the molecule is CCCOc1cc(NCc2cc(Br)cs2)ncn1. The van der Waals surface area contributed by atoms with Gasteiger partial charge in [-0.15, -0.1) is 11.3 Å². The molecule has 0 radical (unpaired) electrons. The van der Waals surface area contributed by atoms with Crippen molar-refractivity contribution in [3.05, 3.63) is 33.2 Å². The first-order valence-electron chi connectivity index (χ1n) is 5.69. The fourth-order valence-electron chi connectivity index (χ4n) is 1.35. The number of ether oxygens (including phenoxy) is 1. The molecule has 0 bridgehead atoms. The summed E-state index contributed by atoms with van der Waals surface area (Å²) in [5.74, 6) is 1.39. The molecule has 0 saturated heterocycles. The topological polar surface area (TPSA) is 47.0 Å². The Morgan fingerprint density at radius 1 is 1.39 bits per heavy atom. The molecule has 18 heavy (non-hydrogen) atoms. The van der Waals surface area contributed by atoms with Gasteiger partial charge in [0.15, 0.2) is 0 Å². The molecule has 0 unspecified atom stereocenters. The van der Waals surface area contributed by atoms with Gasteiger partial charge in [0, 0.05) is 20.8 Å². The van der Waals surface area contributed by atoms with E-state index in [9.17, 15) is 0 Å². The molecule has 2 aromatic rings. The molecule has 0 spiro atoms. The van der Waals surface area contributed by atoms with Gasteiger partial charge in [0.2, 0.25) is 5.88 Å². The summed E-state index contributed by atoms with van der Waals surface area (Å²) in [7, 11) is 0. The van der Waals surface area contributed by atoms with Crippen LogP contribution in [0.3, 0.4) is 0 Å². The Hall–Kier alpha value is -1.14. The van der Waals surface area contributed by atoms with Crippen molar-refractivity contribution in [3.8, 4) is 5.88 Å². The summed E-state index contributed by atoms with van der Waals surface area (Å²) < 4.78 is 6.57. The van der Waals surface area contributed by atoms with Crippen LogP contribution in [-0.4, -0.2) is 16.6 Å². The van der Waals surface area contributed by atoms with Crippen LogP contribution in [0.15, 0.2) is 28.3 Å². The molecule has 2 aromatic heterocycles. The second kappa shape index (κ2) is 6.70. The molecule has 0 aliphatic heterocycles. The van der Waals surface area contributed by atoms with Gasteiger partial charge in [-0.1, -0.05) is 6.92 Å². The molecule has 0 aromatic carbocycles. The highest BCUT2D eigenvalue weighted by Crippen LogP contribution is 2.21. The quantitative estimate of drug-likeness (QED) is 0.878. The summed E-state index contributed by atoms with van der Waals surface area (Å²) in [6, 6.07) is 3.91. The lowest BCUT2D eigenvalue weighted by Crippen LogP contribution is -2.02. The summed E-state index contributed by atoms with van der Waals surface area (Å²) in [6.45, 7) is 3.49. The van der Waals surface area contributed by atoms with E-state index in [0.717, 1.165) is 23.3 Å². The monoisotopic (exact) mass is 327 g/mol. The third kappa shape index (κ3) is 3.96. The molecular formula is C12H14BrN3OS. The fraction of sp³-hybridized carbons (Fsp3) is 0.333. The maximum absolute atomic E-state index is 5.46. The predicted molar refractivity (Wildman–Crippen MR) is 77.2 cm³/mol. The fourth-order valence-corrected chi connectivity index (χ4v) is 2.74. The molecule has 96 valence electrons. The third-order valence-electron chi connectivity index (χ3n) is 2.16. The van der Waals surface area contributed by atoms with Gasteiger partial charge >= 0.3 is 0 Å². The van der Waals surface area contributed by atoms with Gasteiger partial charge in [-0.3, -0.25) is 0 Å².